The van der Waals surface area contributed by atoms with Crippen molar-refractivity contribution in [2.75, 3.05) is 0 Å². The molecule has 0 fully saturated rings. The van der Waals surface area contributed by atoms with Crippen molar-refractivity contribution >= 4 is 31.9 Å². The Labute approximate surface area is 322 Å². The monoisotopic (exact) mass is 786 g/mol. The van der Waals surface area contributed by atoms with Gasteiger partial charge in [0.2, 0.25) is 0 Å². The van der Waals surface area contributed by atoms with Crippen LogP contribution in [0.15, 0.2) is 179 Å². The molecule has 0 saturated heterocycles. The van der Waals surface area contributed by atoms with Crippen molar-refractivity contribution in [3.8, 4) is 69.6 Å². The zero-order valence-electron chi connectivity index (χ0n) is 27.9. The Balaban J connectivity index is 0.960. The molecule has 0 unspecified atom stereocenters. The molecule has 7 aromatic rings. The van der Waals surface area contributed by atoms with Gasteiger partial charge in [0.1, 0.15) is 0 Å². The molecule has 0 aliphatic rings. The summed E-state index contributed by atoms with van der Waals surface area (Å²) >= 11 is 6.94. The second-order valence-corrected chi connectivity index (χ2v) is 13.7. The van der Waals surface area contributed by atoms with Gasteiger partial charge in [0, 0.05) is 53.5 Å². The average molecular weight is 789 g/mol. The summed E-state index contributed by atoms with van der Waals surface area (Å²) in [5, 5.41) is 0. The fourth-order valence-corrected chi connectivity index (χ4v) is 5.85. The fourth-order valence-electron chi connectivity index (χ4n) is 5.33. The number of halogens is 2. The van der Waals surface area contributed by atoms with Crippen LogP contribution in [0.2, 0.25) is 0 Å². The molecular formula is C50H28Br2. The SMILES string of the molecule is Brc1ccc(C#Cc2cccc(-c3ccc(C#Cc4ccc(C#Cc5ccc(-c6cccc(C#Cc7ccc(Br)cc7)c6)cc5)cc4)cc3)c2)cc1. The quantitative estimate of drug-likeness (QED) is 0.153. The van der Waals surface area contributed by atoms with E-state index in [1.807, 2.05) is 97.1 Å². The van der Waals surface area contributed by atoms with E-state index in [-0.39, 0.29) is 0 Å². The Morgan fingerprint density at radius 3 is 0.788 bits per heavy atom. The van der Waals surface area contributed by atoms with Gasteiger partial charge >= 0.3 is 0 Å². The predicted octanol–water partition coefficient (Wildman–Crippen LogP) is 12.1. The molecule has 0 nitrogen and oxygen atoms in total. The van der Waals surface area contributed by atoms with Crippen LogP contribution in [0.3, 0.4) is 0 Å². The first-order valence-electron chi connectivity index (χ1n) is 16.6. The molecule has 0 aliphatic carbocycles. The van der Waals surface area contributed by atoms with Crippen LogP contribution < -0.4 is 0 Å². The van der Waals surface area contributed by atoms with E-state index in [1.54, 1.807) is 0 Å². The highest BCUT2D eigenvalue weighted by atomic mass is 79.9. The molecule has 0 saturated carbocycles. The van der Waals surface area contributed by atoms with Crippen LogP contribution in [0.5, 0.6) is 0 Å². The summed E-state index contributed by atoms with van der Waals surface area (Å²) in [6.07, 6.45) is 0. The van der Waals surface area contributed by atoms with Crippen molar-refractivity contribution < 1.29 is 0 Å². The molecule has 0 atom stereocenters. The minimum atomic E-state index is 0.944. The average Bonchev–Trinajstić information content (AvgIpc) is 3.20. The maximum absolute atomic E-state index is 3.47. The second kappa shape index (κ2) is 16.6. The number of hydrogen-bond acceptors (Lipinski definition) is 0. The molecule has 0 amide bonds. The fraction of sp³-hybridized carbons (Fsp3) is 0. The highest BCUT2D eigenvalue weighted by Gasteiger charge is 2.01. The van der Waals surface area contributed by atoms with Gasteiger partial charge in [-0.3, -0.25) is 0 Å². The van der Waals surface area contributed by atoms with Gasteiger partial charge in [-0.15, -0.1) is 0 Å². The molecule has 2 heteroatoms. The van der Waals surface area contributed by atoms with Gasteiger partial charge in [0.25, 0.3) is 0 Å². The summed E-state index contributed by atoms with van der Waals surface area (Å²) in [5.41, 5.74) is 12.2. The Hall–Kier alpha value is -6.26. The van der Waals surface area contributed by atoms with Crippen LogP contribution >= 0.6 is 31.9 Å². The molecule has 0 heterocycles. The summed E-state index contributed by atoms with van der Waals surface area (Å²) in [6, 6.07) is 57.4. The van der Waals surface area contributed by atoms with Gasteiger partial charge in [-0.25, -0.2) is 0 Å². The molecule has 0 bridgehead atoms. The molecule has 242 valence electrons. The van der Waals surface area contributed by atoms with Crippen LogP contribution in [0.25, 0.3) is 22.3 Å². The van der Waals surface area contributed by atoms with E-state index in [0.29, 0.717) is 0 Å². The van der Waals surface area contributed by atoms with Crippen molar-refractivity contribution in [2.45, 2.75) is 0 Å². The molecule has 0 aliphatic heterocycles. The summed E-state index contributed by atoms with van der Waals surface area (Å²) in [4.78, 5) is 0. The van der Waals surface area contributed by atoms with Crippen LogP contribution in [-0.2, 0) is 0 Å². The van der Waals surface area contributed by atoms with Gasteiger partial charge < -0.3 is 0 Å². The largest absolute Gasteiger partial charge is 0.0617 e. The van der Waals surface area contributed by atoms with Crippen molar-refractivity contribution in [3.63, 3.8) is 0 Å². The van der Waals surface area contributed by atoms with Crippen molar-refractivity contribution in [1.29, 1.82) is 0 Å². The van der Waals surface area contributed by atoms with Crippen LogP contribution in [0, 0.1) is 47.4 Å². The van der Waals surface area contributed by atoms with Gasteiger partial charge in [0.15, 0.2) is 0 Å². The van der Waals surface area contributed by atoms with E-state index in [2.05, 4.69) is 152 Å². The lowest BCUT2D eigenvalue weighted by Crippen LogP contribution is -1.83. The Morgan fingerprint density at radius 2 is 0.481 bits per heavy atom. The standard InChI is InChI=1S/C50H28Br2/c51-49-31-23-41(24-32-49)15-17-43-3-1-5-47(35-43)45-27-19-39(20-28-45)13-11-37-7-9-38(10-8-37)12-14-40-21-29-46(30-22-40)48-6-2-4-44(36-48)18-16-42-25-33-50(52)34-26-42/h1-10,19-36H. The zero-order chi connectivity index (χ0) is 35.5. The van der Waals surface area contributed by atoms with E-state index in [1.165, 1.54) is 0 Å². The van der Waals surface area contributed by atoms with Gasteiger partial charge in [-0.05, 0) is 144 Å². The van der Waals surface area contributed by atoms with Gasteiger partial charge in [-0.2, -0.15) is 0 Å². The lowest BCUT2D eigenvalue weighted by Gasteiger charge is -2.03. The van der Waals surface area contributed by atoms with E-state index < -0.39 is 0 Å². The lowest BCUT2D eigenvalue weighted by molar-refractivity contribution is 1.56. The molecule has 52 heavy (non-hydrogen) atoms. The minimum Gasteiger partial charge on any atom is -0.0617 e. The normalized spacial score (nSPS) is 9.88. The topological polar surface area (TPSA) is 0 Å². The number of hydrogen-bond donors (Lipinski definition) is 0. The van der Waals surface area contributed by atoms with Gasteiger partial charge in [0.05, 0.1) is 0 Å². The molecule has 7 rings (SSSR count). The Kier molecular flexibility index (Phi) is 10.9. The summed E-state index contributed by atoms with van der Waals surface area (Å²) in [7, 11) is 0. The van der Waals surface area contributed by atoms with Gasteiger partial charge in [-0.1, -0.05) is 128 Å². The van der Waals surface area contributed by atoms with Crippen LogP contribution in [-0.4, -0.2) is 0 Å². The third kappa shape index (κ3) is 9.49. The van der Waals surface area contributed by atoms with Crippen molar-refractivity contribution in [2.24, 2.45) is 0 Å². The lowest BCUT2D eigenvalue weighted by atomic mass is 10.0. The molecule has 0 spiro atoms. The smallest absolute Gasteiger partial charge is 0.0255 e. The highest BCUT2D eigenvalue weighted by molar-refractivity contribution is 9.10. The second-order valence-electron chi connectivity index (χ2n) is 11.9. The number of rotatable bonds is 2. The summed E-state index contributed by atoms with van der Waals surface area (Å²) in [5.74, 6) is 26.2. The molecular weight excluding hydrogens is 760 g/mol. The summed E-state index contributed by atoms with van der Waals surface area (Å²) < 4.78 is 2.09. The third-order valence-electron chi connectivity index (χ3n) is 8.14. The first-order chi connectivity index (χ1) is 25.5. The molecule has 7 aromatic carbocycles. The highest BCUT2D eigenvalue weighted by Crippen LogP contribution is 2.22. The summed E-state index contributed by atoms with van der Waals surface area (Å²) in [6.45, 7) is 0. The van der Waals surface area contributed by atoms with E-state index in [4.69, 9.17) is 0 Å². The molecule has 0 aromatic heterocycles. The van der Waals surface area contributed by atoms with E-state index in [9.17, 15) is 0 Å². The molecule has 0 radical (unpaired) electrons. The maximum atomic E-state index is 3.47. The first-order valence-corrected chi connectivity index (χ1v) is 18.2. The zero-order valence-corrected chi connectivity index (χ0v) is 31.1. The first kappa shape index (κ1) is 34.2. The van der Waals surface area contributed by atoms with Crippen molar-refractivity contribution in [3.05, 3.63) is 223 Å². The van der Waals surface area contributed by atoms with Crippen LogP contribution in [0.4, 0.5) is 0 Å². The third-order valence-corrected chi connectivity index (χ3v) is 9.20. The minimum absolute atomic E-state index is 0.944. The number of benzene rings is 7. The van der Waals surface area contributed by atoms with E-state index >= 15 is 0 Å². The van der Waals surface area contributed by atoms with E-state index in [0.717, 1.165) is 75.7 Å². The maximum Gasteiger partial charge on any atom is 0.0255 e. The van der Waals surface area contributed by atoms with Crippen LogP contribution in [0.1, 0.15) is 44.5 Å². The predicted molar refractivity (Wildman–Crippen MR) is 222 cm³/mol. The van der Waals surface area contributed by atoms with Crippen molar-refractivity contribution in [1.82, 2.24) is 0 Å². The Bertz CT molecular complexity index is 2410. The Morgan fingerprint density at radius 1 is 0.231 bits per heavy atom. The molecule has 0 N–H and O–H groups in total.